The van der Waals surface area contributed by atoms with Crippen molar-refractivity contribution in [2.24, 2.45) is 11.8 Å². The summed E-state index contributed by atoms with van der Waals surface area (Å²) < 4.78 is 37.4. The number of amides is 1. The fourth-order valence-corrected chi connectivity index (χ4v) is 5.14. The van der Waals surface area contributed by atoms with Crippen LogP contribution in [0.4, 0.5) is 32.3 Å². The number of methoxy groups -OCH3 is 2. The number of piperidine rings is 1. The van der Waals surface area contributed by atoms with Crippen LogP contribution >= 0.6 is 0 Å². The van der Waals surface area contributed by atoms with Gasteiger partial charge < -0.3 is 29.2 Å². The van der Waals surface area contributed by atoms with E-state index >= 15 is 0 Å². The number of ether oxygens (including phenoxy) is 4. The minimum absolute atomic E-state index is 0.169. The number of hydrogen-bond donors (Lipinski definition) is 1. The molecule has 1 aliphatic heterocycles. The normalized spacial score (nSPS) is 15.1. The first-order valence-electron chi connectivity index (χ1n) is 15.2. The van der Waals surface area contributed by atoms with Crippen LogP contribution in [0.5, 0.6) is 17.2 Å². The van der Waals surface area contributed by atoms with Gasteiger partial charge in [-0.1, -0.05) is 20.3 Å². The predicted octanol–water partition coefficient (Wildman–Crippen LogP) is 7.20. The molecule has 1 saturated heterocycles. The lowest BCUT2D eigenvalue weighted by Gasteiger charge is -2.29. The van der Waals surface area contributed by atoms with Crippen molar-refractivity contribution in [2.45, 2.75) is 46.0 Å². The predicted molar refractivity (Wildman–Crippen MR) is 169 cm³/mol. The van der Waals surface area contributed by atoms with Crippen LogP contribution in [0.15, 0.2) is 48.7 Å². The SMILES string of the molecule is COc1ccc(N(C(=O)OCCCCC(C)C)c2ccnc(Nc3ccc(OCC4CCCN(C)C4)c(F)c3)n2)c(OC)c1. The molecular weight excluding hydrogens is 565 g/mol. The Morgan fingerprint density at radius 2 is 1.95 bits per heavy atom. The average Bonchev–Trinajstić information content (AvgIpc) is 3.01. The molecule has 0 saturated carbocycles. The van der Waals surface area contributed by atoms with Gasteiger partial charge in [-0.3, -0.25) is 0 Å². The molecule has 3 aromatic rings. The largest absolute Gasteiger partial charge is 0.497 e. The van der Waals surface area contributed by atoms with E-state index in [2.05, 4.69) is 41.1 Å². The van der Waals surface area contributed by atoms with E-state index in [-0.39, 0.29) is 24.1 Å². The summed E-state index contributed by atoms with van der Waals surface area (Å²) in [6.07, 6.45) is 5.85. The van der Waals surface area contributed by atoms with Gasteiger partial charge in [0.2, 0.25) is 5.95 Å². The van der Waals surface area contributed by atoms with Crippen LogP contribution < -0.4 is 24.4 Å². The standard InChI is InChI=1S/C33H44FN5O5/c1-23(2)9-6-7-18-43-33(40)39(28-13-12-26(41-4)20-30(28)42-5)31-15-16-35-32(37-31)36-25-11-14-29(27(34)19-25)44-22-24-10-8-17-38(3)21-24/h11-16,19-20,23-24H,6-10,17-18,21-22H2,1-5H3,(H,35,36,37). The van der Waals surface area contributed by atoms with E-state index in [0.717, 1.165) is 45.2 Å². The Morgan fingerprint density at radius 3 is 2.68 bits per heavy atom. The summed E-state index contributed by atoms with van der Waals surface area (Å²) in [7, 11) is 5.15. The molecule has 1 unspecified atom stereocenters. The highest BCUT2D eigenvalue weighted by molar-refractivity contribution is 5.97. The van der Waals surface area contributed by atoms with E-state index in [0.29, 0.717) is 41.3 Å². The van der Waals surface area contributed by atoms with E-state index in [4.69, 9.17) is 18.9 Å². The minimum Gasteiger partial charge on any atom is -0.497 e. The van der Waals surface area contributed by atoms with Crippen LogP contribution in [0.25, 0.3) is 0 Å². The molecule has 1 atom stereocenters. The highest BCUT2D eigenvalue weighted by Gasteiger charge is 2.25. The number of unbranched alkanes of at least 4 members (excludes halogenated alkanes) is 1. The molecule has 0 spiro atoms. The molecule has 11 heteroatoms. The summed E-state index contributed by atoms with van der Waals surface area (Å²) in [6, 6.07) is 11.3. The number of carbonyl (C=O) groups excluding carboxylic acids is 1. The molecular formula is C33H44FN5O5. The van der Waals surface area contributed by atoms with Crippen molar-refractivity contribution in [2.75, 3.05) is 57.8 Å². The van der Waals surface area contributed by atoms with E-state index in [1.54, 1.807) is 43.5 Å². The highest BCUT2D eigenvalue weighted by Crippen LogP contribution is 2.37. The fourth-order valence-electron chi connectivity index (χ4n) is 5.14. The number of nitrogens with one attached hydrogen (secondary N) is 1. The Balaban J connectivity index is 1.51. The third kappa shape index (κ3) is 9.19. The van der Waals surface area contributed by atoms with Crippen molar-refractivity contribution >= 4 is 29.2 Å². The lowest BCUT2D eigenvalue weighted by Crippen LogP contribution is -2.34. The van der Waals surface area contributed by atoms with Crippen LogP contribution in [0.1, 0.15) is 46.0 Å². The maximum Gasteiger partial charge on any atom is 0.420 e. The number of aromatic nitrogens is 2. The Kier molecular flexibility index (Phi) is 12.0. The number of carbonyl (C=O) groups is 1. The average molecular weight is 610 g/mol. The quantitative estimate of drug-likeness (QED) is 0.190. The van der Waals surface area contributed by atoms with Gasteiger partial charge in [0.15, 0.2) is 11.6 Å². The lowest BCUT2D eigenvalue weighted by molar-refractivity contribution is 0.147. The number of hydrogen-bond acceptors (Lipinski definition) is 9. The molecule has 238 valence electrons. The monoisotopic (exact) mass is 609 g/mol. The summed E-state index contributed by atoms with van der Waals surface area (Å²) in [5.74, 6) is 2.05. The molecule has 1 aromatic heterocycles. The van der Waals surface area contributed by atoms with Crippen molar-refractivity contribution in [1.29, 1.82) is 0 Å². The Morgan fingerprint density at radius 1 is 1.11 bits per heavy atom. The van der Waals surface area contributed by atoms with E-state index < -0.39 is 11.9 Å². The van der Waals surface area contributed by atoms with Crippen molar-refractivity contribution in [3.8, 4) is 17.2 Å². The molecule has 4 rings (SSSR count). The van der Waals surface area contributed by atoms with Gasteiger partial charge in [0.1, 0.15) is 17.3 Å². The number of nitrogens with zero attached hydrogens (tertiary/aromatic N) is 4. The van der Waals surface area contributed by atoms with Gasteiger partial charge in [0, 0.05) is 42.5 Å². The molecule has 1 fully saturated rings. The van der Waals surface area contributed by atoms with Crippen molar-refractivity contribution < 1.29 is 28.1 Å². The zero-order valence-corrected chi connectivity index (χ0v) is 26.3. The maximum absolute atomic E-state index is 15.0. The molecule has 1 aliphatic rings. The summed E-state index contributed by atoms with van der Waals surface area (Å²) in [4.78, 5) is 25.9. The molecule has 1 amide bonds. The molecule has 44 heavy (non-hydrogen) atoms. The van der Waals surface area contributed by atoms with Crippen LogP contribution in [0.2, 0.25) is 0 Å². The molecule has 1 N–H and O–H groups in total. The second-order valence-electron chi connectivity index (χ2n) is 11.5. The van der Waals surface area contributed by atoms with Gasteiger partial charge in [-0.15, -0.1) is 0 Å². The second kappa shape index (κ2) is 16.1. The summed E-state index contributed by atoms with van der Waals surface area (Å²) in [6.45, 7) is 7.09. The van der Waals surface area contributed by atoms with E-state index in [1.807, 2.05) is 0 Å². The van der Waals surface area contributed by atoms with E-state index in [9.17, 15) is 9.18 Å². The number of halogens is 1. The molecule has 2 heterocycles. The molecule has 10 nitrogen and oxygen atoms in total. The number of anilines is 4. The van der Waals surface area contributed by atoms with Gasteiger partial charge in [0.05, 0.1) is 33.1 Å². The van der Waals surface area contributed by atoms with E-state index in [1.165, 1.54) is 24.3 Å². The number of rotatable bonds is 14. The van der Waals surface area contributed by atoms with Gasteiger partial charge in [-0.25, -0.2) is 19.1 Å². The second-order valence-corrected chi connectivity index (χ2v) is 11.5. The van der Waals surface area contributed by atoms with Crippen LogP contribution in [0, 0.1) is 17.7 Å². The molecule has 2 aromatic carbocycles. The van der Waals surface area contributed by atoms with Crippen LogP contribution in [-0.2, 0) is 4.74 Å². The number of benzene rings is 2. The Bertz CT molecular complexity index is 1370. The van der Waals surface area contributed by atoms with Crippen LogP contribution in [-0.4, -0.2) is 68.5 Å². The van der Waals surface area contributed by atoms with Gasteiger partial charge in [-0.05, 0) is 69.5 Å². The topological polar surface area (TPSA) is 98.3 Å². The zero-order valence-electron chi connectivity index (χ0n) is 26.3. The first kappa shape index (κ1) is 32.8. The molecule has 0 bridgehead atoms. The Labute approximate surface area is 259 Å². The van der Waals surface area contributed by atoms with Crippen LogP contribution in [0.3, 0.4) is 0 Å². The summed E-state index contributed by atoms with van der Waals surface area (Å²) in [5, 5.41) is 3.03. The van der Waals surface area contributed by atoms with Crippen molar-refractivity contribution in [3.63, 3.8) is 0 Å². The summed E-state index contributed by atoms with van der Waals surface area (Å²) in [5.41, 5.74) is 0.854. The first-order chi connectivity index (χ1) is 21.3. The Hall–Kier alpha value is -4.12. The smallest absolute Gasteiger partial charge is 0.420 e. The third-order valence-electron chi connectivity index (χ3n) is 7.47. The lowest BCUT2D eigenvalue weighted by atomic mass is 10.00. The van der Waals surface area contributed by atoms with Gasteiger partial charge >= 0.3 is 6.09 Å². The maximum atomic E-state index is 15.0. The number of likely N-dealkylation sites (tertiary alicyclic amines) is 1. The molecule has 0 radical (unpaired) electrons. The van der Waals surface area contributed by atoms with Crippen molar-refractivity contribution in [1.82, 2.24) is 14.9 Å². The summed E-state index contributed by atoms with van der Waals surface area (Å²) >= 11 is 0. The van der Waals surface area contributed by atoms with Gasteiger partial charge in [0.25, 0.3) is 0 Å². The zero-order chi connectivity index (χ0) is 31.5. The molecule has 0 aliphatic carbocycles. The minimum atomic E-state index is -0.612. The van der Waals surface area contributed by atoms with Crippen molar-refractivity contribution in [3.05, 3.63) is 54.5 Å². The van der Waals surface area contributed by atoms with Gasteiger partial charge in [-0.2, -0.15) is 4.98 Å². The highest BCUT2D eigenvalue weighted by atomic mass is 19.1. The fraction of sp³-hybridized carbons (Fsp3) is 0.485. The first-order valence-corrected chi connectivity index (χ1v) is 15.2. The third-order valence-corrected chi connectivity index (χ3v) is 7.47.